The topological polar surface area (TPSA) is 84.2 Å². The predicted octanol–water partition coefficient (Wildman–Crippen LogP) is 4.99. The quantitative estimate of drug-likeness (QED) is 0.368. The highest BCUT2D eigenvalue weighted by molar-refractivity contribution is 5.87. The number of carbonyl (C=O) groups is 1. The van der Waals surface area contributed by atoms with Gasteiger partial charge in [0.05, 0.1) is 18.7 Å². The number of benzene rings is 3. The Morgan fingerprint density at radius 1 is 1.06 bits per heavy atom. The van der Waals surface area contributed by atoms with Crippen LogP contribution in [0, 0.1) is 0 Å². The van der Waals surface area contributed by atoms with E-state index in [0.717, 1.165) is 44.2 Å². The van der Waals surface area contributed by atoms with Gasteiger partial charge in [-0.3, -0.25) is 9.69 Å². The number of aromatic nitrogens is 2. The minimum Gasteiger partial charge on any atom is -0.468 e. The zero-order valence-corrected chi connectivity index (χ0v) is 19.4. The van der Waals surface area contributed by atoms with E-state index in [1.165, 1.54) is 7.11 Å². The molecule has 1 aliphatic rings. The SMILES string of the molecule is COC(=O)[C@@H]1Cc2c([nH]c3ccccc23)[C@@H](c2ccccc2)N1Cc1cc2ccccc2nc1N. The number of nitrogens with two attached hydrogens (primary N) is 1. The molecule has 0 bridgehead atoms. The number of methoxy groups -OCH3 is 1. The number of esters is 1. The van der Waals surface area contributed by atoms with Gasteiger partial charge in [-0.1, -0.05) is 66.7 Å². The molecule has 2 atom stereocenters. The lowest BCUT2D eigenvalue weighted by Crippen LogP contribution is -2.48. The van der Waals surface area contributed by atoms with Crippen LogP contribution in [0.4, 0.5) is 5.82 Å². The van der Waals surface area contributed by atoms with Crippen molar-refractivity contribution in [3.63, 3.8) is 0 Å². The van der Waals surface area contributed by atoms with Crippen molar-refractivity contribution < 1.29 is 9.53 Å². The number of H-pyrrole nitrogens is 1. The van der Waals surface area contributed by atoms with Crippen LogP contribution in [0.5, 0.6) is 0 Å². The summed E-state index contributed by atoms with van der Waals surface area (Å²) in [4.78, 5) is 23.7. The molecule has 0 aliphatic carbocycles. The summed E-state index contributed by atoms with van der Waals surface area (Å²) in [6.07, 6.45) is 0.552. The largest absolute Gasteiger partial charge is 0.468 e. The fourth-order valence-corrected chi connectivity index (χ4v) is 5.38. The molecule has 6 nitrogen and oxygen atoms in total. The molecule has 174 valence electrons. The Hall–Kier alpha value is -4.16. The number of anilines is 1. The summed E-state index contributed by atoms with van der Waals surface area (Å²) in [6.45, 7) is 0.456. The van der Waals surface area contributed by atoms with Gasteiger partial charge < -0.3 is 15.5 Å². The highest BCUT2D eigenvalue weighted by atomic mass is 16.5. The molecule has 6 rings (SSSR count). The second kappa shape index (κ2) is 8.56. The van der Waals surface area contributed by atoms with Crippen LogP contribution in [0.3, 0.4) is 0 Å². The summed E-state index contributed by atoms with van der Waals surface area (Å²) < 4.78 is 5.31. The number of fused-ring (bicyclic) bond motifs is 4. The van der Waals surface area contributed by atoms with Gasteiger partial charge in [0, 0.05) is 40.5 Å². The van der Waals surface area contributed by atoms with Crippen molar-refractivity contribution in [3.05, 3.63) is 107 Å². The molecule has 0 saturated heterocycles. The van der Waals surface area contributed by atoms with Gasteiger partial charge in [-0.15, -0.1) is 0 Å². The van der Waals surface area contributed by atoms with Crippen molar-refractivity contribution >= 4 is 33.6 Å². The molecule has 2 aromatic heterocycles. The normalized spacial score (nSPS) is 18.0. The molecule has 5 aromatic rings. The molecule has 3 heterocycles. The summed E-state index contributed by atoms with van der Waals surface area (Å²) >= 11 is 0. The van der Waals surface area contributed by atoms with E-state index >= 15 is 0 Å². The lowest BCUT2D eigenvalue weighted by molar-refractivity contribution is -0.148. The Labute approximate surface area is 203 Å². The minimum absolute atomic E-state index is 0.178. The number of pyridine rings is 1. The zero-order valence-electron chi connectivity index (χ0n) is 19.4. The number of carbonyl (C=O) groups excluding carboxylic acids is 1. The number of rotatable bonds is 4. The molecule has 0 radical (unpaired) electrons. The molecule has 0 fully saturated rings. The van der Waals surface area contributed by atoms with E-state index in [0.29, 0.717) is 18.8 Å². The first-order valence-electron chi connectivity index (χ1n) is 11.8. The average Bonchev–Trinajstić information content (AvgIpc) is 3.27. The first kappa shape index (κ1) is 21.4. The van der Waals surface area contributed by atoms with Gasteiger partial charge in [-0.2, -0.15) is 0 Å². The van der Waals surface area contributed by atoms with Gasteiger partial charge in [0.15, 0.2) is 0 Å². The lowest BCUT2D eigenvalue weighted by Gasteiger charge is -2.41. The third kappa shape index (κ3) is 3.63. The van der Waals surface area contributed by atoms with Crippen molar-refractivity contribution in [2.75, 3.05) is 12.8 Å². The Balaban J connectivity index is 1.54. The standard InChI is InChI=1S/C29H26N4O2/c1-35-29(34)25-16-22-21-12-6-8-14-24(21)31-26(22)27(18-9-3-2-4-10-18)33(25)17-20-15-19-11-5-7-13-23(19)32-28(20)30/h2-15,25,27,31H,16-17H2,1H3,(H2,30,32)/t25-,27+/m0/s1. The van der Waals surface area contributed by atoms with Gasteiger partial charge in [0.1, 0.15) is 11.9 Å². The lowest BCUT2D eigenvalue weighted by atomic mass is 9.87. The molecule has 35 heavy (non-hydrogen) atoms. The maximum Gasteiger partial charge on any atom is 0.323 e. The minimum atomic E-state index is -0.470. The fourth-order valence-electron chi connectivity index (χ4n) is 5.38. The highest BCUT2D eigenvalue weighted by Gasteiger charge is 2.41. The third-order valence-electron chi connectivity index (χ3n) is 7.03. The number of nitrogen functional groups attached to an aromatic ring is 1. The van der Waals surface area contributed by atoms with Crippen molar-refractivity contribution in [1.29, 1.82) is 0 Å². The highest BCUT2D eigenvalue weighted by Crippen LogP contribution is 2.42. The molecule has 0 unspecified atom stereocenters. The van der Waals surface area contributed by atoms with E-state index in [2.05, 4.69) is 45.2 Å². The zero-order chi connectivity index (χ0) is 23.9. The smallest absolute Gasteiger partial charge is 0.323 e. The average molecular weight is 463 g/mol. The van der Waals surface area contributed by atoms with Crippen molar-refractivity contribution in [3.8, 4) is 0 Å². The summed E-state index contributed by atoms with van der Waals surface area (Å²) in [7, 11) is 1.45. The summed E-state index contributed by atoms with van der Waals surface area (Å²) in [6, 6.07) is 27.9. The number of nitrogens with one attached hydrogen (secondary N) is 1. The first-order chi connectivity index (χ1) is 17.1. The van der Waals surface area contributed by atoms with Crippen LogP contribution in [0.15, 0.2) is 84.9 Å². The number of para-hydroxylation sites is 2. The van der Waals surface area contributed by atoms with E-state index in [9.17, 15) is 4.79 Å². The van der Waals surface area contributed by atoms with Crippen LogP contribution in [0.25, 0.3) is 21.8 Å². The Bertz CT molecular complexity index is 1540. The molecular weight excluding hydrogens is 436 g/mol. The Morgan fingerprint density at radius 3 is 2.63 bits per heavy atom. The van der Waals surface area contributed by atoms with Crippen molar-refractivity contribution in [1.82, 2.24) is 14.9 Å². The van der Waals surface area contributed by atoms with E-state index < -0.39 is 6.04 Å². The number of aromatic amines is 1. The van der Waals surface area contributed by atoms with Gasteiger partial charge in [-0.25, -0.2) is 4.98 Å². The molecule has 3 N–H and O–H groups in total. The van der Waals surface area contributed by atoms with Crippen LogP contribution in [-0.4, -0.2) is 34.0 Å². The Kier molecular flexibility index (Phi) is 5.23. The van der Waals surface area contributed by atoms with E-state index in [1.807, 2.05) is 54.6 Å². The van der Waals surface area contributed by atoms with Gasteiger partial charge in [0.2, 0.25) is 0 Å². The third-order valence-corrected chi connectivity index (χ3v) is 7.03. The molecule has 1 aliphatic heterocycles. The summed E-state index contributed by atoms with van der Waals surface area (Å²) in [5, 5.41) is 2.16. The second-order valence-corrected chi connectivity index (χ2v) is 9.02. The molecule has 0 amide bonds. The maximum absolute atomic E-state index is 13.2. The number of ether oxygens (including phenoxy) is 1. The number of hydrogen-bond acceptors (Lipinski definition) is 5. The molecule has 6 heteroatoms. The molecule has 0 spiro atoms. The molecule has 3 aromatic carbocycles. The fraction of sp³-hybridized carbons (Fsp3) is 0.172. The monoisotopic (exact) mass is 462 g/mol. The van der Waals surface area contributed by atoms with Crippen molar-refractivity contribution in [2.24, 2.45) is 0 Å². The molecule has 0 saturated carbocycles. The number of hydrogen-bond donors (Lipinski definition) is 2. The number of nitrogens with zero attached hydrogens (tertiary/aromatic N) is 2. The first-order valence-corrected chi connectivity index (χ1v) is 11.8. The summed E-state index contributed by atoms with van der Waals surface area (Å²) in [5.74, 6) is 0.218. The maximum atomic E-state index is 13.2. The predicted molar refractivity (Wildman–Crippen MR) is 138 cm³/mol. The van der Waals surface area contributed by atoms with Gasteiger partial charge >= 0.3 is 5.97 Å². The molecular formula is C29H26N4O2. The van der Waals surface area contributed by atoms with E-state index in [-0.39, 0.29) is 12.0 Å². The van der Waals surface area contributed by atoms with E-state index in [4.69, 9.17) is 10.5 Å². The second-order valence-electron chi connectivity index (χ2n) is 9.02. The van der Waals surface area contributed by atoms with Crippen LogP contribution in [-0.2, 0) is 22.5 Å². The van der Waals surface area contributed by atoms with E-state index in [1.54, 1.807) is 0 Å². The van der Waals surface area contributed by atoms with Gasteiger partial charge in [-0.05, 0) is 29.3 Å². The van der Waals surface area contributed by atoms with Gasteiger partial charge in [0.25, 0.3) is 0 Å². The Morgan fingerprint density at radius 2 is 1.80 bits per heavy atom. The van der Waals surface area contributed by atoms with Crippen LogP contribution < -0.4 is 5.73 Å². The van der Waals surface area contributed by atoms with Crippen LogP contribution in [0.1, 0.15) is 28.4 Å². The van der Waals surface area contributed by atoms with Crippen LogP contribution >= 0.6 is 0 Å². The van der Waals surface area contributed by atoms with Crippen LogP contribution in [0.2, 0.25) is 0 Å². The summed E-state index contributed by atoms with van der Waals surface area (Å²) in [5.41, 5.74) is 12.6. The van der Waals surface area contributed by atoms with Crippen molar-refractivity contribution in [2.45, 2.75) is 25.0 Å².